The van der Waals surface area contributed by atoms with Crippen LogP contribution in [0.1, 0.15) is 110 Å². The summed E-state index contributed by atoms with van der Waals surface area (Å²) in [7, 11) is -4.65. The first-order chi connectivity index (χ1) is 17.2. The number of unbranched alkanes of at least 4 members (excludes halogenated alkanes) is 12. The third-order valence-corrected chi connectivity index (χ3v) is 6.70. The average Bonchev–Trinajstić information content (AvgIpc) is 2.80. The largest absolute Gasteiger partial charge is 0.397 e. The maximum Gasteiger partial charge on any atom is 0.397 e. The Morgan fingerprint density at radius 1 is 0.972 bits per heavy atom. The molecule has 0 aromatic rings. The van der Waals surface area contributed by atoms with Gasteiger partial charge in [-0.15, -0.1) is 0 Å². The molecule has 0 bridgehead atoms. The van der Waals surface area contributed by atoms with Crippen LogP contribution >= 0.6 is 0 Å². The maximum atomic E-state index is 11.5. The van der Waals surface area contributed by atoms with Gasteiger partial charge in [0.05, 0.1) is 18.8 Å². The molecule has 1 aliphatic rings. The van der Waals surface area contributed by atoms with Gasteiger partial charge in [0.15, 0.2) is 6.29 Å². The third-order valence-electron chi connectivity index (χ3n) is 6.27. The minimum Gasteiger partial charge on any atom is -0.390 e. The van der Waals surface area contributed by atoms with Crippen LogP contribution in [-0.2, 0) is 28.9 Å². The van der Waals surface area contributed by atoms with Crippen LogP contribution in [0.5, 0.6) is 0 Å². The molecule has 212 valence electrons. The normalized spacial score (nSPS) is 22.8. The highest BCUT2D eigenvalue weighted by molar-refractivity contribution is 7.80. The molecule has 0 saturated carbocycles. The molecule has 0 aromatic carbocycles. The Hall–Kier alpha value is -1.04. The van der Waals surface area contributed by atoms with Gasteiger partial charge in [-0.3, -0.25) is 9.35 Å². The number of aliphatic hydroxyl groups excluding tert-OH is 1. The second-order valence-electron chi connectivity index (χ2n) is 9.67. The van der Waals surface area contributed by atoms with E-state index in [1.807, 2.05) is 0 Å². The average molecular weight is 536 g/mol. The lowest BCUT2D eigenvalue weighted by Crippen LogP contribution is -2.56. The smallest absolute Gasteiger partial charge is 0.390 e. The van der Waals surface area contributed by atoms with Crippen molar-refractivity contribution >= 4 is 16.3 Å². The van der Waals surface area contributed by atoms with Crippen molar-refractivity contribution < 1.29 is 36.5 Å². The van der Waals surface area contributed by atoms with Gasteiger partial charge in [-0.2, -0.15) is 8.42 Å². The molecule has 1 saturated heterocycles. The topological polar surface area (TPSA) is 131 Å². The highest BCUT2D eigenvalue weighted by atomic mass is 32.3. The van der Waals surface area contributed by atoms with E-state index in [0.29, 0.717) is 6.61 Å². The van der Waals surface area contributed by atoms with Crippen LogP contribution in [0, 0.1) is 0 Å². The van der Waals surface area contributed by atoms with Gasteiger partial charge in [0, 0.05) is 20.0 Å². The molecule has 3 N–H and O–H groups in total. The fraction of sp³-hybridized carbons (Fsp3) is 0.885. The number of hydrogen-bond acceptors (Lipinski definition) is 7. The molecule has 0 unspecified atom stereocenters. The lowest BCUT2D eigenvalue weighted by atomic mass is 10.0. The molecule has 0 aliphatic carbocycles. The van der Waals surface area contributed by atoms with Gasteiger partial charge in [-0.1, -0.05) is 76.9 Å². The van der Waals surface area contributed by atoms with Crippen LogP contribution in [0.3, 0.4) is 0 Å². The number of amides is 1. The number of carbonyl (C=O) groups is 1. The van der Waals surface area contributed by atoms with Crippen LogP contribution in [0.4, 0.5) is 0 Å². The van der Waals surface area contributed by atoms with Gasteiger partial charge < -0.3 is 19.9 Å². The Kier molecular flexibility index (Phi) is 18.3. The molecule has 0 spiro atoms. The van der Waals surface area contributed by atoms with E-state index in [0.717, 1.165) is 25.7 Å². The van der Waals surface area contributed by atoms with E-state index in [2.05, 4.69) is 28.6 Å². The molecule has 0 radical (unpaired) electrons. The van der Waals surface area contributed by atoms with Gasteiger partial charge in [-0.05, 0) is 32.1 Å². The number of ether oxygens (including phenoxy) is 2. The van der Waals surface area contributed by atoms with Gasteiger partial charge in [0.1, 0.15) is 6.10 Å². The van der Waals surface area contributed by atoms with E-state index < -0.39 is 41.5 Å². The quantitative estimate of drug-likeness (QED) is 0.108. The number of hydrogen-bond donors (Lipinski definition) is 3. The molecule has 1 rings (SSSR count). The highest BCUT2D eigenvalue weighted by Gasteiger charge is 2.39. The number of nitrogens with one attached hydrogen (secondary N) is 1. The monoisotopic (exact) mass is 535 g/mol. The summed E-state index contributed by atoms with van der Waals surface area (Å²) in [6.45, 7) is 3.49. The molecule has 10 heteroatoms. The lowest BCUT2D eigenvalue weighted by molar-refractivity contribution is -0.240. The van der Waals surface area contributed by atoms with E-state index >= 15 is 0 Å². The van der Waals surface area contributed by atoms with E-state index in [4.69, 9.17) is 14.0 Å². The fourth-order valence-electron chi connectivity index (χ4n) is 4.28. The summed E-state index contributed by atoms with van der Waals surface area (Å²) in [5.74, 6) is -0.283. The summed E-state index contributed by atoms with van der Waals surface area (Å²) in [5, 5.41) is 12.9. The summed E-state index contributed by atoms with van der Waals surface area (Å²) < 4.78 is 46.2. The zero-order chi connectivity index (χ0) is 26.7. The molecular formula is C26H49NO8S. The van der Waals surface area contributed by atoms with E-state index in [9.17, 15) is 18.3 Å². The van der Waals surface area contributed by atoms with Crippen molar-refractivity contribution in [1.82, 2.24) is 5.32 Å². The standard InChI is InChI=1S/C26H49NO8S/c1-3-4-5-6-7-8-9-10-11-12-13-14-15-16-17-18-19-33-26-23(27-22(2)28)20-24(29)25(35-26)21-34-36(30,31)32/h10-11,23-26,29H,3-9,12-21H2,1-2H3,(H,27,28)(H,30,31,32)/b11-10-/t23-,24+,25-,26+/m1/s1. The number of allylic oxidation sites excluding steroid dienone is 2. The first-order valence-electron chi connectivity index (χ1n) is 13.7. The first-order valence-corrected chi connectivity index (χ1v) is 15.1. The fourth-order valence-corrected chi connectivity index (χ4v) is 4.58. The van der Waals surface area contributed by atoms with E-state index in [-0.39, 0.29) is 12.3 Å². The highest BCUT2D eigenvalue weighted by Crippen LogP contribution is 2.23. The molecule has 9 nitrogen and oxygen atoms in total. The minimum atomic E-state index is -4.65. The molecule has 4 atom stereocenters. The molecule has 1 aliphatic heterocycles. The lowest BCUT2D eigenvalue weighted by Gasteiger charge is -2.39. The van der Waals surface area contributed by atoms with E-state index in [1.165, 1.54) is 71.1 Å². The Bertz CT molecular complexity index is 700. The van der Waals surface area contributed by atoms with Gasteiger partial charge in [-0.25, -0.2) is 4.18 Å². The predicted molar refractivity (Wildman–Crippen MR) is 140 cm³/mol. The van der Waals surface area contributed by atoms with Crippen molar-refractivity contribution in [3.05, 3.63) is 12.2 Å². The van der Waals surface area contributed by atoms with Crippen molar-refractivity contribution in [2.45, 2.75) is 135 Å². The summed E-state index contributed by atoms with van der Waals surface area (Å²) >= 11 is 0. The van der Waals surface area contributed by atoms with Crippen LogP contribution < -0.4 is 5.32 Å². The molecule has 0 aromatic heterocycles. The first kappa shape index (κ1) is 33.0. The van der Waals surface area contributed by atoms with E-state index in [1.54, 1.807) is 0 Å². The van der Waals surface area contributed by atoms with Crippen molar-refractivity contribution in [2.24, 2.45) is 0 Å². The van der Waals surface area contributed by atoms with Crippen LogP contribution in [-0.4, -0.2) is 61.7 Å². The van der Waals surface area contributed by atoms with Crippen LogP contribution in [0.25, 0.3) is 0 Å². The number of aliphatic hydroxyl groups is 1. The molecular weight excluding hydrogens is 486 g/mol. The van der Waals surface area contributed by atoms with Crippen LogP contribution in [0.15, 0.2) is 12.2 Å². The third kappa shape index (κ3) is 17.4. The molecule has 1 amide bonds. The Balaban J connectivity index is 2.14. The Labute approximate surface area is 218 Å². The minimum absolute atomic E-state index is 0.122. The Morgan fingerprint density at radius 2 is 1.53 bits per heavy atom. The summed E-state index contributed by atoms with van der Waals surface area (Å²) in [6, 6.07) is -0.561. The van der Waals surface area contributed by atoms with Gasteiger partial charge in [0.25, 0.3) is 0 Å². The molecule has 1 heterocycles. The van der Waals surface area contributed by atoms with Crippen molar-refractivity contribution in [1.29, 1.82) is 0 Å². The molecule has 1 fully saturated rings. The summed E-state index contributed by atoms with van der Waals surface area (Å²) in [5.41, 5.74) is 0. The maximum absolute atomic E-state index is 11.5. The Morgan fingerprint density at radius 3 is 2.08 bits per heavy atom. The number of carbonyl (C=O) groups excluding carboxylic acids is 1. The zero-order valence-electron chi connectivity index (χ0n) is 22.2. The van der Waals surface area contributed by atoms with Crippen LogP contribution in [0.2, 0.25) is 0 Å². The number of rotatable bonds is 21. The second-order valence-corrected chi connectivity index (χ2v) is 10.8. The molecule has 36 heavy (non-hydrogen) atoms. The second kappa shape index (κ2) is 20.0. The van der Waals surface area contributed by atoms with Crippen molar-refractivity contribution in [3.8, 4) is 0 Å². The van der Waals surface area contributed by atoms with Gasteiger partial charge in [0.2, 0.25) is 5.91 Å². The summed E-state index contributed by atoms with van der Waals surface area (Å²) in [4.78, 5) is 11.5. The SMILES string of the molecule is CCCCCCCC/C=C\CCCCCCCCO[C@H]1O[C@H](COS(=O)(=O)O)[C@@H](O)C[C@H]1NC(C)=O. The van der Waals surface area contributed by atoms with Crippen molar-refractivity contribution in [3.63, 3.8) is 0 Å². The zero-order valence-corrected chi connectivity index (χ0v) is 23.1. The van der Waals surface area contributed by atoms with Crippen molar-refractivity contribution in [2.75, 3.05) is 13.2 Å². The predicted octanol–water partition coefficient (Wildman–Crippen LogP) is 4.84. The van der Waals surface area contributed by atoms with Gasteiger partial charge >= 0.3 is 10.4 Å². The summed E-state index contributed by atoms with van der Waals surface area (Å²) in [6.07, 6.45) is 18.8.